The molecule has 10 heteroatoms. The molecule has 9 nitrogen and oxygen atoms in total. The summed E-state index contributed by atoms with van der Waals surface area (Å²) in [6.45, 7) is 1.72. The molecule has 1 aromatic heterocycles. The Morgan fingerprint density at radius 2 is 1.97 bits per heavy atom. The molecule has 1 fully saturated rings. The number of benzene rings is 1. The number of piperidine rings is 1. The van der Waals surface area contributed by atoms with Gasteiger partial charge in [0.25, 0.3) is 5.91 Å². The molecule has 2 bridgehead atoms. The quantitative estimate of drug-likeness (QED) is 0.463. The minimum absolute atomic E-state index is 0.0441. The molecule has 178 valence electrons. The summed E-state index contributed by atoms with van der Waals surface area (Å²) in [5.41, 5.74) is 1.36. The van der Waals surface area contributed by atoms with Crippen molar-refractivity contribution in [2.24, 2.45) is 5.92 Å². The van der Waals surface area contributed by atoms with Crippen molar-refractivity contribution in [3.05, 3.63) is 73.7 Å². The fourth-order valence-electron chi connectivity index (χ4n) is 5.63. The highest BCUT2D eigenvalue weighted by Gasteiger charge is 2.42. The van der Waals surface area contributed by atoms with E-state index < -0.39 is 22.2 Å². The molecular weight excluding hydrogens is 456 g/mol. The Balaban J connectivity index is 1.40. The van der Waals surface area contributed by atoms with Crippen molar-refractivity contribution in [1.29, 1.82) is 0 Å². The summed E-state index contributed by atoms with van der Waals surface area (Å²) in [7, 11) is 0. The normalized spacial score (nSPS) is 21.7. The third-order valence-corrected chi connectivity index (χ3v) is 7.84. The Morgan fingerprint density at radius 1 is 1.18 bits per heavy atom. The number of nitrogens with zero attached hydrogens (tertiary/aromatic N) is 4. The molecule has 0 aliphatic carbocycles. The van der Waals surface area contributed by atoms with E-state index in [0.717, 1.165) is 23.4 Å². The summed E-state index contributed by atoms with van der Waals surface area (Å²) in [6, 6.07) is 9.88. The van der Waals surface area contributed by atoms with Crippen LogP contribution in [0.5, 0.6) is 0 Å². The summed E-state index contributed by atoms with van der Waals surface area (Å²) < 4.78 is 1.52. The van der Waals surface area contributed by atoms with E-state index in [4.69, 9.17) is 0 Å². The average molecular weight is 483 g/mol. The van der Waals surface area contributed by atoms with Crippen LogP contribution in [0, 0.1) is 16.0 Å². The Morgan fingerprint density at radius 3 is 2.71 bits per heavy atom. The summed E-state index contributed by atoms with van der Waals surface area (Å²) in [5, 5.41) is 11.2. The monoisotopic (exact) mass is 482 g/mol. The first-order chi connectivity index (χ1) is 16.4. The molecule has 0 spiro atoms. The molecule has 2 unspecified atom stereocenters. The minimum Gasteiger partial charge on any atom is -0.340 e. The van der Waals surface area contributed by atoms with Crippen LogP contribution in [-0.2, 0) is 17.9 Å². The second-order valence-corrected chi connectivity index (χ2v) is 10.2. The van der Waals surface area contributed by atoms with Crippen LogP contribution < -0.4 is 5.56 Å². The Hall–Kier alpha value is -3.14. The van der Waals surface area contributed by atoms with Gasteiger partial charge < -0.3 is 14.4 Å². The molecule has 0 saturated carbocycles. The number of thioether (sulfide) groups is 1. The number of rotatable bonds is 6. The van der Waals surface area contributed by atoms with Gasteiger partial charge in [-0.1, -0.05) is 18.2 Å². The molecule has 4 heterocycles. The van der Waals surface area contributed by atoms with Gasteiger partial charge >= 0.3 is 11.2 Å². The number of hydrogen-bond donors (Lipinski definition) is 0. The molecule has 1 saturated heterocycles. The lowest BCUT2D eigenvalue weighted by molar-refractivity contribution is -0.386. The Bertz CT molecular complexity index is 1230. The second kappa shape index (κ2) is 8.90. The van der Waals surface area contributed by atoms with E-state index in [1.165, 1.54) is 10.6 Å². The first kappa shape index (κ1) is 22.6. The largest absolute Gasteiger partial charge is 0.340 e. The van der Waals surface area contributed by atoms with Crippen LogP contribution in [-0.4, -0.2) is 62.2 Å². The SMILES string of the molecule is CSCC[C@@H](C(=O)N1CC2CC(C1)c1ccc([N+](=O)[O-])c(=O)n1C2)N1Cc2ccccc2C1=O. The van der Waals surface area contributed by atoms with Gasteiger partial charge in [0.1, 0.15) is 6.04 Å². The number of carbonyl (C=O) groups excluding carboxylic acids is 2. The van der Waals surface area contributed by atoms with Crippen molar-refractivity contribution in [2.75, 3.05) is 25.1 Å². The van der Waals surface area contributed by atoms with Gasteiger partial charge in [-0.3, -0.25) is 24.5 Å². The minimum atomic E-state index is -0.642. The number of likely N-dealkylation sites (tertiary alicyclic amines) is 1. The third kappa shape index (κ3) is 3.79. The highest BCUT2D eigenvalue weighted by molar-refractivity contribution is 7.98. The predicted molar refractivity (Wildman–Crippen MR) is 128 cm³/mol. The third-order valence-electron chi connectivity index (χ3n) is 7.20. The molecule has 3 atom stereocenters. The van der Waals surface area contributed by atoms with Crippen molar-refractivity contribution in [1.82, 2.24) is 14.4 Å². The molecule has 1 aromatic carbocycles. The molecule has 3 aliphatic rings. The zero-order chi connectivity index (χ0) is 24.0. The fraction of sp³-hybridized carbons (Fsp3) is 0.458. The molecule has 2 amide bonds. The maximum Gasteiger partial charge on any atom is 0.334 e. The van der Waals surface area contributed by atoms with E-state index in [0.29, 0.717) is 38.2 Å². The summed E-state index contributed by atoms with van der Waals surface area (Å²) in [4.78, 5) is 53.7. The molecule has 0 N–H and O–H groups in total. The highest BCUT2D eigenvalue weighted by atomic mass is 32.2. The van der Waals surface area contributed by atoms with E-state index in [9.17, 15) is 24.5 Å². The smallest absolute Gasteiger partial charge is 0.334 e. The van der Waals surface area contributed by atoms with Gasteiger partial charge in [0.2, 0.25) is 5.91 Å². The molecular formula is C24H26N4O5S. The molecule has 2 aromatic rings. The maximum atomic E-state index is 13.8. The van der Waals surface area contributed by atoms with Crippen molar-refractivity contribution in [3.8, 4) is 0 Å². The average Bonchev–Trinajstić information content (AvgIpc) is 3.16. The van der Waals surface area contributed by atoms with Crippen LogP contribution in [0.15, 0.2) is 41.2 Å². The van der Waals surface area contributed by atoms with E-state index in [1.807, 2.05) is 35.4 Å². The number of aromatic nitrogens is 1. The van der Waals surface area contributed by atoms with E-state index in [2.05, 4.69) is 0 Å². The number of carbonyl (C=O) groups is 2. The predicted octanol–water partition coefficient (Wildman–Crippen LogP) is 2.48. The van der Waals surface area contributed by atoms with Crippen molar-refractivity contribution in [2.45, 2.75) is 37.9 Å². The number of hydrogen-bond acceptors (Lipinski definition) is 6. The fourth-order valence-corrected chi connectivity index (χ4v) is 6.09. The molecule has 3 aliphatic heterocycles. The van der Waals surface area contributed by atoms with Crippen molar-refractivity contribution < 1.29 is 14.5 Å². The van der Waals surface area contributed by atoms with Crippen LogP contribution in [0.25, 0.3) is 0 Å². The molecule has 34 heavy (non-hydrogen) atoms. The number of nitro groups is 1. The standard InChI is InChI=1S/C24H26N4O5S/c1-34-9-8-20(27-14-16-4-2-3-5-18(16)22(27)29)23(30)25-11-15-10-17(13-25)19-6-7-21(28(32)33)24(31)26(19)12-15/h2-7,15,17,20H,8-14H2,1H3/t15?,17?,20-/m0/s1. The zero-order valence-electron chi connectivity index (χ0n) is 18.9. The summed E-state index contributed by atoms with van der Waals surface area (Å²) >= 11 is 1.65. The van der Waals surface area contributed by atoms with Crippen molar-refractivity contribution in [3.63, 3.8) is 0 Å². The van der Waals surface area contributed by atoms with Gasteiger partial charge in [0.05, 0.1) is 4.92 Å². The van der Waals surface area contributed by atoms with E-state index in [-0.39, 0.29) is 23.7 Å². The zero-order valence-corrected chi connectivity index (χ0v) is 19.7. The van der Waals surface area contributed by atoms with Crippen LogP contribution in [0.1, 0.15) is 40.4 Å². The van der Waals surface area contributed by atoms with Crippen LogP contribution in [0.3, 0.4) is 0 Å². The lowest BCUT2D eigenvalue weighted by Crippen LogP contribution is -2.55. The second-order valence-electron chi connectivity index (χ2n) is 9.25. The Kier molecular flexibility index (Phi) is 5.93. The van der Waals surface area contributed by atoms with E-state index in [1.54, 1.807) is 22.7 Å². The number of fused-ring (bicyclic) bond motifs is 5. The van der Waals surface area contributed by atoms with Crippen LogP contribution >= 0.6 is 11.8 Å². The lowest BCUT2D eigenvalue weighted by Gasteiger charge is -2.44. The Labute approximate surface area is 200 Å². The number of pyridine rings is 1. The first-order valence-corrected chi connectivity index (χ1v) is 12.8. The van der Waals surface area contributed by atoms with Gasteiger partial charge in [-0.15, -0.1) is 0 Å². The number of amides is 2. The van der Waals surface area contributed by atoms with Crippen LogP contribution in [0.2, 0.25) is 0 Å². The van der Waals surface area contributed by atoms with Gasteiger partial charge in [-0.2, -0.15) is 11.8 Å². The molecule has 5 rings (SSSR count). The van der Waals surface area contributed by atoms with Crippen LogP contribution in [0.4, 0.5) is 5.69 Å². The summed E-state index contributed by atoms with van der Waals surface area (Å²) in [5.74, 6) is 0.596. The molecule has 0 radical (unpaired) electrons. The van der Waals surface area contributed by atoms with E-state index >= 15 is 0 Å². The lowest BCUT2D eigenvalue weighted by atomic mass is 9.82. The van der Waals surface area contributed by atoms with Gasteiger partial charge in [0, 0.05) is 49.4 Å². The first-order valence-electron chi connectivity index (χ1n) is 11.4. The van der Waals surface area contributed by atoms with Gasteiger partial charge in [-0.25, -0.2) is 0 Å². The van der Waals surface area contributed by atoms with Gasteiger partial charge in [-0.05, 0) is 48.5 Å². The van der Waals surface area contributed by atoms with Crippen molar-refractivity contribution >= 4 is 29.3 Å². The van der Waals surface area contributed by atoms with Gasteiger partial charge in [0.15, 0.2) is 0 Å². The highest BCUT2D eigenvalue weighted by Crippen LogP contribution is 2.37. The maximum absolute atomic E-state index is 13.8. The topological polar surface area (TPSA) is 106 Å². The summed E-state index contributed by atoms with van der Waals surface area (Å²) in [6.07, 6.45) is 3.40.